The summed E-state index contributed by atoms with van der Waals surface area (Å²) in [6.07, 6.45) is 7.79. The van der Waals surface area contributed by atoms with Crippen molar-refractivity contribution in [3.63, 3.8) is 0 Å². The van der Waals surface area contributed by atoms with Crippen molar-refractivity contribution in [2.24, 2.45) is 5.92 Å². The van der Waals surface area contributed by atoms with Crippen molar-refractivity contribution >= 4 is 0 Å². The highest BCUT2D eigenvalue weighted by Crippen LogP contribution is 2.50. The quantitative estimate of drug-likeness (QED) is 0.749. The van der Waals surface area contributed by atoms with Gasteiger partial charge in [0.15, 0.2) is 0 Å². The number of hydrogen-bond donors (Lipinski definition) is 1. The van der Waals surface area contributed by atoms with Crippen LogP contribution in [0.1, 0.15) is 28.8 Å². The van der Waals surface area contributed by atoms with E-state index in [2.05, 4.69) is 38.8 Å². The molecule has 1 aliphatic carbocycles. The van der Waals surface area contributed by atoms with Gasteiger partial charge in [0, 0.05) is 29.4 Å². The van der Waals surface area contributed by atoms with Crippen molar-refractivity contribution in [2.75, 3.05) is 0 Å². The third-order valence-electron chi connectivity index (χ3n) is 5.05. The molecule has 2 aromatic heterocycles. The molecule has 4 nitrogen and oxygen atoms in total. The van der Waals surface area contributed by atoms with Crippen LogP contribution in [0.3, 0.4) is 0 Å². The topological polar surface area (TPSA) is 50.9 Å². The van der Waals surface area contributed by atoms with Gasteiger partial charge in [-0.1, -0.05) is 24.3 Å². The van der Waals surface area contributed by atoms with Gasteiger partial charge in [-0.25, -0.2) is 4.98 Å². The lowest BCUT2D eigenvalue weighted by Crippen LogP contribution is -2.21. The highest BCUT2D eigenvalue weighted by molar-refractivity contribution is 5.69. The van der Waals surface area contributed by atoms with Crippen LogP contribution in [0.4, 0.5) is 0 Å². The van der Waals surface area contributed by atoms with Crippen LogP contribution in [0.25, 0.3) is 11.3 Å². The van der Waals surface area contributed by atoms with Gasteiger partial charge in [-0.3, -0.25) is 4.98 Å². The van der Waals surface area contributed by atoms with E-state index < -0.39 is 6.10 Å². The zero-order chi connectivity index (χ0) is 14.7. The van der Waals surface area contributed by atoms with Crippen LogP contribution in [0.15, 0.2) is 55.2 Å². The molecule has 108 valence electrons. The number of pyridine rings is 1. The Morgan fingerprint density at radius 3 is 2.86 bits per heavy atom. The molecular weight excluding hydrogens is 274 g/mol. The Kier molecular flexibility index (Phi) is 2.35. The largest absolute Gasteiger partial charge is 0.388 e. The number of imidazole rings is 1. The maximum atomic E-state index is 10.8. The van der Waals surface area contributed by atoms with Gasteiger partial charge in [0.05, 0.1) is 30.4 Å². The average molecular weight is 289 g/mol. The predicted molar refractivity (Wildman–Crippen MR) is 82.2 cm³/mol. The van der Waals surface area contributed by atoms with Crippen LogP contribution in [-0.2, 0) is 6.42 Å². The van der Waals surface area contributed by atoms with Gasteiger partial charge in [0.1, 0.15) is 0 Å². The van der Waals surface area contributed by atoms with Gasteiger partial charge < -0.3 is 9.67 Å². The van der Waals surface area contributed by atoms with Crippen LogP contribution in [-0.4, -0.2) is 19.6 Å². The first-order valence-corrected chi connectivity index (χ1v) is 7.56. The molecule has 0 unspecified atom stereocenters. The summed E-state index contributed by atoms with van der Waals surface area (Å²) in [4.78, 5) is 8.47. The lowest BCUT2D eigenvalue weighted by atomic mass is 9.88. The molecule has 4 heteroatoms. The number of hydrogen-bond acceptors (Lipinski definition) is 3. The maximum Gasteiger partial charge on any atom is 0.0956 e. The molecule has 22 heavy (non-hydrogen) atoms. The molecule has 1 N–H and O–H groups in total. The maximum absolute atomic E-state index is 10.8. The first kappa shape index (κ1) is 12.1. The third kappa shape index (κ3) is 1.45. The molecule has 1 aromatic carbocycles. The van der Waals surface area contributed by atoms with E-state index in [1.54, 1.807) is 12.4 Å². The van der Waals surface area contributed by atoms with E-state index in [0.29, 0.717) is 0 Å². The summed E-state index contributed by atoms with van der Waals surface area (Å²) in [6.45, 7) is 0. The molecule has 0 bridgehead atoms. The minimum Gasteiger partial charge on any atom is -0.388 e. The predicted octanol–water partition coefficient (Wildman–Crippen LogP) is 2.75. The molecule has 2 aliphatic rings. The second kappa shape index (κ2) is 4.27. The van der Waals surface area contributed by atoms with E-state index in [9.17, 15) is 5.11 Å². The number of rotatable bonds is 1. The van der Waals surface area contributed by atoms with Crippen LogP contribution >= 0.6 is 0 Å². The lowest BCUT2D eigenvalue weighted by Gasteiger charge is -2.25. The van der Waals surface area contributed by atoms with Gasteiger partial charge in [0.25, 0.3) is 0 Å². The second-order valence-electron chi connectivity index (χ2n) is 6.11. The molecule has 0 spiro atoms. The van der Waals surface area contributed by atoms with Crippen molar-refractivity contribution in [3.05, 3.63) is 71.9 Å². The molecule has 0 fully saturated rings. The molecule has 0 saturated heterocycles. The number of aromatic nitrogens is 3. The summed E-state index contributed by atoms with van der Waals surface area (Å²) in [5.74, 6) is 0.121. The van der Waals surface area contributed by atoms with E-state index in [1.807, 2.05) is 18.6 Å². The number of aliphatic hydroxyl groups is 1. The monoisotopic (exact) mass is 289 g/mol. The Bertz CT molecular complexity index is 870. The minimum atomic E-state index is -0.477. The summed E-state index contributed by atoms with van der Waals surface area (Å²) >= 11 is 0. The van der Waals surface area contributed by atoms with Gasteiger partial charge in [-0.2, -0.15) is 0 Å². The van der Waals surface area contributed by atoms with Crippen LogP contribution in [0.2, 0.25) is 0 Å². The minimum absolute atomic E-state index is 0.121. The Balaban J connectivity index is 1.66. The van der Waals surface area contributed by atoms with E-state index in [1.165, 1.54) is 16.7 Å². The molecule has 3 atom stereocenters. The van der Waals surface area contributed by atoms with Crippen molar-refractivity contribution in [1.82, 2.24) is 14.5 Å². The van der Waals surface area contributed by atoms with Crippen LogP contribution in [0.5, 0.6) is 0 Å². The van der Waals surface area contributed by atoms with E-state index in [-0.39, 0.29) is 12.0 Å². The molecule has 0 radical (unpaired) electrons. The van der Waals surface area contributed by atoms with Crippen molar-refractivity contribution < 1.29 is 5.11 Å². The van der Waals surface area contributed by atoms with Crippen molar-refractivity contribution in [1.29, 1.82) is 0 Å². The van der Waals surface area contributed by atoms with Gasteiger partial charge in [-0.05, 0) is 23.6 Å². The Morgan fingerprint density at radius 2 is 1.95 bits per heavy atom. The molecule has 0 amide bonds. The zero-order valence-corrected chi connectivity index (χ0v) is 11.9. The Morgan fingerprint density at radius 1 is 1.05 bits per heavy atom. The molecule has 1 aliphatic heterocycles. The average Bonchev–Trinajstić information content (AvgIpc) is 3.21. The number of fused-ring (bicyclic) bond motifs is 4. The summed E-state index contributed by atoms with van der Waals surface area (Å²) in [5, 5.41) is 10.8. The molecular formula is C18H15N3O. The fourth-order valence-corrected chi connectivity index (χ4v) is 4.08. The SMILES string of the molecule is O[C@@H]1c2cnccc2C[C@H]1[C@H]1c2ccccc2-c2cncn21. The van der Waals surface area contributed by atoms with Crippen LogP contribution < -0.4 is 0 Å². The highest BCUT2D eigenvalue weighted by atomic mass is 16.3. The van der Waals surface area contributed by atoms with Crippen LogP contribution in [0, 0.1) is 5.92 Å². The standard InChI is InChI=1S/C18H15N3O/c22-18-14(7-11-5-6-19-8-15(11)18)17-13-4-2-1-3-12(13)16-9-20-10-21(16)17/h1-6,8-10,14,17-18,22H,7H2/t14-,17+,18-/m0/s1. The van der Waals surface area contributed by atoms with E-state index in [0.717, 1.165) is 17.7 Å². The summed E-state index contributed by atoms with van der Waals surface area (Å²) in [6, 6.07) is 10.6. The fourth-order valence-electron chi connectivity index (χ4n) is 4.08. The molecule has 5 rings (SSSR count). The first-order chi connectivity index (χ1) is 10.8. The normalized spacial score (nSPS) is 24.9. The van der Waals surface area contributed by atoms with Gasteiger partial charge in [0.2, 0.25) is 0 Å². The number of aliphatic hydroxyl groups excluding tert-OH is 1. The third-order valence-corrected chi connectivity index (χ3v) is 5.05. The molecule has 3 aromatic rings. The second-order valence-corrected chi connectivity index (χ2v) is 6.11. The van der Waals surface area contributed by atoms with E-state index >= 15 is 0 Å². The number of benzene rings is 1. The fraction of sp³-hybridized carbons (Fsp3) is 0.222. The summed E-state index contributed by atoms with van der Waals surface area (Å²) in [5.41, 5.74) is 5.83. The smallest absolute Gasteiger partial charge is 0.0956 e. The van der Waals surface area contributed by atoms with Crippen molar-refractivity contribution in [2.45, 2.75) is 18.6 Å². The Hall–Kier alpha value is -2.46. The summed E-state index contributed by atoms with van der Waals surface area (Å²) < 4.78 is 2.21. The first-order valence-electron chi connectivity index (χ1n) is 7.56. The van der Waals surface area contributed by atoms with Crippen molar-refractivity contribution in [3.8, 4) is 11.3 Å². The van der Waals surface area contributed by atoms with Gasteiger partial charge in [-0.15, -0.1) is 0 Å². The van der Waals surface area contributed by atoms with Gasteiger partial charge >= 0.3 is 0 Å². The summed E-state index contributed by atoms with van der Waals surface area (Å²) in [7, 11) is 0. The van der Waals surface area contributed by atoms with E-state index in [4.69, 9.17) is 0 Å². The molecule has 3 heterocycles. The molecule has 0 saturated carbocycles. The Labute approximate surface area is 128 Å². The highest BCUT2D eigenvalue weighted by Gasteiger charge is 2.42. The number of nitrogens with zero attached hydrogens (tertiary/aromatic N) is 3. The lowest BCUT2D eigenvalue weighted by molar-refractivity contribution is 0.101. The zero-order valence-electron chi connectivity index (χ0n) is 11.9.